The minimum atomic E-state index is -1.06. The van der Waals surface area contributed by atoms with Crippen LogP contribution >= 0.6 is 27.3 Å². The fourth-order valence-electron chi connectivity index (χ4n) is 4.78. The fraction of sp³-hybridized carbons (Fsp3) is 0.458. The summed E-state index contributed by atoms with van der Waals surface area (Å²) in [6.07, 6.45) is 4.90. The third kappa shape index (κ3) is 4.76. The van der Waals surface area contributed by atoms with Crippen LogP contribution in [0.5, 0.6) is 0 Å². The van der Waals surface area contributed by atoms with E-state index in [0.29, 0.717) is 49.2 Å². The van der Waals surface area contributed by atoms with Crippen LogP contribution in [-0.4, -0.2) is 44.2 Å². The number of amides is 1. The second kappa shape index (κ2) is 8.92. The van der Waals surface area contributed by atoms with Crippen molar-refractivity contribution in [2.75, 3.05) is 13.1 Å². The second-order valence-corrected chi connectivity index (χ2v) is 11.5. The number of halogens is 2. The van der Waals surface area contributed by atoms with Gasteiger partial charge in [-0.3, -0.25) is 14.2 Å². The Balaban J connectivity index is 1.23. The molecule has 1 atom stereocenters. The van der Waals surface area contributed by atoms with E-state index in [4.69, 9.17) is 0 Å². The van der Waals surface area contributed by atoms with Crippen LogP contribution in [0.25, 0.3) is 10.9 Å². The lowest BCUT2D eigenvalue weighted by atomic mass is 9.88. The van der Waals surface area contributed by atoms with E-state index in [2.05, 4.69) is 20.9 Å². The lowest BCUT2D eigenvalue weighted by Gasteiger charge is -2.39. The van der Waals surface area contributed by atoms with Crippen molar-refractivity contribution in [3.8, 4) is 0 Å². The van der Waals surface area contributed by atoms with Crippen LogP contribution in [0.3, 0.4) is 0 Å². The molecule has 0 radical (unpaired) electrons. The van der Waals surface area contributed by atoms with Crippen LogP contribution in [-0.2, 0) is 11.3 Å². The molecule has 1 aromatic carbocycles. The average Bonchev–Trinajstić information content (AvgIpc) is 3.57. The number of hydrogen-bond donors (Lipinski definition) is 1. The molecule has 9 heteroatoms. The summed E-state index contributed by atoms with van der Waals surface area (Å²) in [5.74, 6) is 0.393. The van der Waals surface area contributed by atoms with Gasteiger partial charge in [0, 0.05) is 24.9 Å². The summed E-state index contributed by atoms with van der Waals surface area (Å²) in [5, 5.41) is 13.5. The van der Waals surface area contributed by atoms with E-state index in [9.17, 15) is 19.1 Å². The lowest BCUT2D eigenvalue weighted by Crippen LogP contribution is -2.49. The van der Waals surface area contributed by atoms with Crippen LogP contribution in [0.15, 0.2) is 44.6 Å². The van der Waals surface area contributed by atoms with Crippen molar-refractivity contribution in [2.45, 2.75) is 50.2 Å². The highest BCUT2D eigenvalue weighted by molar-refractivity contribution is 9.11. The standard InChI is InChI=1S/C24H25BrFN3O3S/c25-22-21-19(12-33-22)23(31)29(14-27-21)13-24(32)7-9-28(10-8-24)20(30)11-18(15-1-2-15)16-3-5-17(26)6-4-16/h3-6,12,14-15,18,32H,1-2,7-11,13H2. The third-order valence-corrected chi connectivity index (χ3v) is 8.62. The summed E-state index contributed by atoms with van der Waals surface area (Å²) in [6, 6.07) is 6.49. The number of hydrogen-bond acceptors (Lipinski definition) is 5. The molecule has 0 spiro atoms. The molecule has 1 unspecified atom stereocenters. The van der Waals surface area contributed by atoms with Gasteiger partial charge in [-0.2, -0.15) is 0 Å². The number of rotatable bonds is 6. The Labute approximate surface area is 203 Å². The van der Waals surface area contributed by atoms with E-state index in [0.717, 1.165) is 22.2 Å². The number of thiophene rings is 1. The van der Waals surface area contributed by atoms with E-state index in [1.165, 1.54) is 34.4 Å². The Morgan fingerprint density at radius 2 is 1.97 bits per heavy atom. The largest absolute Gasteiger partial charge is 0.388 e. The van der Waals surface area contributed by atoms with Crippen molar-refractivity contribution in [3.05, 3.63) is 61.5 Å². The zero-order valence-corrected chi connectivity index (χ0v) is 20.4. The first kappa shape index (κ1) is 22.7. The maximum absolute atomic E-state index is 13.3. The number of carbonyl (C=O) groups is 1. The number of aromatic nitrogens is 2. The van der Waals surface area contributed by atoms with Crippen molar-refractivity contribution >= 4 is 44.1 Å². The van der Waals surface area contributed by atoms with Crippen LogP contribution in [0.1, 0.15) is 43.6 Å². The summed E-state index contributed by atoms with van der Waals surface area (Å²) in [6.45, 7) is 1.06. The maximum Gasteiger partial charge on any atom is 0.262 e. The predicted octanol–water partition coefficient (Wildman–Crippen LogP) is 4.30. The normalized spacial score (nSPS) is 19.1. The van der Waals surface area contributed by atoms with Gasteiger partial charge in [-0.15, -0.1) is 11.3 Å². The van der Waals surface area contributed by atoms with E-state index >= 15 is 0 Å². The molecular formula is C24H25BrFN3O3S. The van der Waals surface area contributed by atoms with E-state index in [1.807, 2.05) is 4.90 Å². The number of benzene rings is 1. The summed E-state index contributed by atoms with van der Waals surface area (Å²) in [5.41, 5.74) is 0.430. The number of carbonyl (C=O) groups excluding carboxylic acids is 1. The molecule has 1 saturated heterocycles. The Bertz CT molecular complexity index is 1230. The van der Waals surface area contributed by atoms with Gasteiger partial charge in [-0.05, 0) is 71.1 Å². The predicted molar refractivity (Wildman–Crippen MR) is 129 cm³/mol. The van der Waals surface area contributed by atoms with Gasteiger partial charge in [0.2, 0.25) is 5.91 Å². The molecule has 2 aliphatic rings. The Kier molecular flexibility index (Phi) is 6.13. The molecule has 1 aliphatic heterocycles. The quantitative estimate of drug-likeness (QED) is 0.512. The van der Waals surface area contributed by atoms with Crippen molar-refractivity contribution in [1.82, 2.24) is 14.5 Å². The summed E-state index contributed by atoms with van der Waals surface area (Å²) < 4.78 is 15.6. The molecule has 3 heterocycles. The summed E-state index contributed by atoms with van der Waals surface area (Å²) in [7, 11) is 0. The smallest absolute Gasteiger partial charge is 0.262 e. The molecule has 33 heavy (non-hydrogen) atoms. The Morgan fingerprint density at radius 3 is 2.64 bits per heavy atom. The van der Waals surface area contributed by atoms with E-state index < -0.39 is 5.60 Å². The molecular weight excluding hydrogens is 509 g/mol. The number of piperidine rings is 1. The number of fused-ring (bicyclic) bond motifs is 1. The molecule has 2 fully saturated rings. The first-order valence-electron chi connectivity index (χ1n) is 11.2. The van der Waals surface area contributed by atoms with Gasteiger partial charge in [0.1, 0.15) is 11.3 Å². The van der Waals surface area contributed by atoms with Gasteiger partial charge >= 0.3 is 0 Å². The van der Waals surface area contributed by atoms with Gasteiger partial charge < -0.3 is 10.0 Å². The zero-order valence-electron chi connectivity index (χ0n) is 18.0. The molecule has 6 nitrogen and oxygen atoms in total. The van der Waals surface area contributed by atoms with Gasteiger partial charge in [0.25, 0.3) is 5.56 Å². The van der Waals surface area contributed by atoms with Crippen molar-refractivity contribution in [1.29, 1.82) is 0 Å². The van der Waals surface area contributed by atoms with Crippen LogP contribution < -0.4 is 5.56 Å². The highest BCUT2D eigenvalue weighted by atomic mass is 79.9. The average molecular weight is 534 g/mol. The van der Waals surface area contributed by atoms with Gasteiger partial charge in [0.05, 0.1) is 27.6 Å². The van der Waals surface area contributed by atoms with E-state index in [-0.39, 0.29) is 29.7 Å². The second-order valence-electron chi connectivity index (χ2n) is 9.25. The van der Waals surface area contributed by atoms with Crippen LogP contribution in [0.2, 0.25) is 0 Å². The Hall–Kier alpha value is -2.10. The van der Waals surface area contributed by atoms with Crippen molar-refractivity contribution in [3.63, 3.8) is 0 Å². The SMILES string of the molecule is O=C(CC(c1ccc(F)cc1)C1CC1)N1CCC(O)(Cn2cnc3c(Br)scc3c2=O)CC1. The molecule has 174 valence electrons. The van der Waals surface area contributed by atoms with Gasteiger partial charge in [-0.1, -0.05) is 12.1 Å². The molecule has 2 aromatic heterocycles. The van der Waals surface area contributed by atoms with E-state index in [1.54, 1.807) is 17.5 Å². The van der Waals surface area contributed by atoms with Crippen LogP contribution in [0, 0.1) is 11.7 Å². The van der Waals surface area contributed by atoms with Crippen LogP contribution in [0.4, 0.5) is 4.39 Å². The van der Waals surface area contributed by atoms with Crippen molar-refractivity contribution in [2.24, 2.45) is 5.92 Å². The molecule has 3 aromatic rings. The highest BCUT2D eigenvalue weighted by Gasteiger charge is 2.38. The summed E-state index contributed by atoms with van der Waals surface area (Å²) >= 11 is 4.82. The van der Waals surface area contributed by atoms with Gasteiger partial charge in [0.15, 0.2) is 0 Å². The maximum atomic E-state index is 13.3. The first-order chi connectivity index (χ1) is 15.8. The molecule has 1 N–H and O–H groups in total. The van der Waals surface area contributed by atoms with Crippen molar-refractivity contribution < 1.29 is 14.3 Å². The topological polar surface area (TPSA) is 75.4 Å². The summed E-state index contributed by atoms with van der Waals surface area (Å²) in [4.78, 5) is 32.0. The Morgan fingerprint density at radius 1 is 1.27 bits per heavy atom. The lowest BCUT2D eigenvalue weighted by molar-refractivity contribution is -0.136. The number of nitrogens with zero attached hydrogens (tertiary/aromatic N) is 3. The first-order valence-corrected chi connectivity index (χ1v) is 12.9. The molecule has 1 amide bonds. The minimum absolute atomic E-state index is 0.0710. The minimum Gasteiger partial charge on any atom is -0.388 e. The molecule has 1 saturated carbocycles. The third-order valence-electron chi connectivity index (χ3n) is 6.93. The molecule has 1 aliphatic carbocycles. The monoisotopic (exact) mass is 533 g/mol. The zero-order chi connectivity index (χ0) is 23.2. The fourth-order valence-corrected chi connectivity index (χ4v) is 6.08. The molecule has 0 bridgehead atoms. The van der Waals surface area contributed by atoms with Gasteiger partial charge in [-0.25, -0.2) is 9.37 Å². The number of aliphatic hydroxyl groups is 1. The highest BCUT2D eigenvalue weighted by Crippen LogP contribution is 2.45. The molecule has 5 rings (SSSR count). The number of likely N-dealkylation sites (tertiary alicyclic amines) is 1.